The van der Waals surface area contributed by atoms with Gasteiger partial charge in [0.1, 0.15) is 0 Å². The second kappa shape index (κ2) is 6.59. The Balaban J connectivity index is 1.90. The smallest absolute Gasteiger partial charge is 0.0138 e. The van der Waals surface area contributed by atoms with E-state index in [-0.39, 0.29) is 0 Å². The van der Waals surface area contributed by atoms with E-state index in [0.29, 0.717) is 12.0 Å². The molecule has 0 spiro atoms. The first-order valence-electron chi connectivity index (χ1n) is 9.77. The van der Waals surface area contributed by atoms with Gasteiger partial charge in [0.25, 0.3) is 0 Å². The van der Waals surface area contributed by atoms with Crippen LogP contribution in [0.3, 0.4) is 0 Å². The van der Waals surface area contributed by atoms with Crippen molar-refractivity contribution in [2.24, 2.45) is 11.8 Å². The number of rotatable bonds is 4. The molecule has 2 heterocycles. The highest BCUT2D eigenvalue weighted by molar-refractivity contribution is 5.29. The largest absolute Gasteiger partial charge is 0.295 e. The molecule has 0 aliphatic carbocycles. The van der Waals surface area contributed by atoms with Crippen molar-refractivity contribution in [2.45, 2.75) is 90.8 Å². The van der Waals surface area contributed by atoms with E-state index in [0.717, 1.165) is 29.8 Å². The van der Waals surface area contributed by atoms with Gasteiger partial charge in [-0.05, 0) is 67.9 Å². The molecule has 1 aromatic carbocycles. The summed E-state index contributed by atoms with van der Waals surface area (Å²) < 4.78 is 0. The maximum atomic E-state index is 2.85. The van der Waals surface area contributed by atoms with Crippen molar-refractivity contribution in [2.75, 3.05) is 0 Å². The third-order valence-electron chi connectivity index (χ3n) is 6.43. The standard InChI is InChI=1S/C22H35N/c1-14(2)17-7-9-18(10-8-17)20-13-19-11-12-21(22(20)15(3)4)23(19)16(5)6/h7-10,14-16,19-22H,11-13H2,1-6H3/t19-,20-,21?,22?/m1/s1. The lowest BCUT2D eigenvalue weighted by Crippen LogP contribution is -2.52. The molecule has 2 unspecified atom stereocenters. The van der Waals surface area contributed by atoms with Gasteiger partial charge >= 0.3 is 0 Å². The summed E-state index contributed by atoms with van der Waals surface area (Å²) in [5, 5.41) is 0. The first kappa shape index (κ1) is 17.0. The van der Waals surface area contributed by atoms with Crippen LogP contribution in [0.1, 0.15) is 83.8 Å². The Bertz CT molecular complexity index is 513. The molecule has 1 nitrogen and oxygen atoms in total. The van der Waals surface area contributed by atoms with Crippen LogP contribution in [0.15, 0.2) is 24.3 Å². The van der Waals surface area contributed by atoms with Crippen molar-refractivity contribution in [3.05, 3.63) is 35.4 Å². The summed E-state index contributed by atoms with van der Waals surface area (Å²) in [4.78, 5) is 2.85. The van der Waals surface area contributed by atoms with Crippen molar-refractivity contribution in [3.63, 3.8) is 0 Å². The van der Waals surface area contributed by atoms with E-state index in [1.807, 2.05) is 0 Å². The number of fused-ring (bicyclic) bond motifs is 2. The molecular formula is C22H35N. The Morgan fingerprint density at radius 1 is 0.913 bits per heavy atom. The molecule has 0 amide bonds. The Hall–Kier alpha value is -0.820. The van der Waals surface area contributed by atoms with E-state index in [4.69, 9.17) is 0 Å². The molecule has 23 heavy (non-hydrogen) atoms. The Morgan fingerprint density at radius 3 is 2.09 bits per heavy atom. The normalized spacial score (nSPS) is 31.5. The average molecular weight is 314 g/mol. The Morgan fingerprint density at radius 2 is 1.57 bits per heavy atom. The minimum absolute atomic E-state index is 0.629. The van der Waals surface area contributed by atoms with Crippen LogP contribution in [-0.2, 0) is 0 Å². The lowest BCUT2D eigenvalue weighted by molar-refractivity contribution is 0.0271. The van der Waals surface area contributed by atoms with Gasteiger partial charge in [0, 0.05) is 18.1 Å². The van der Waals surface area contributed by atoms with E-state index in [9.17, 15) is 0 Å². The first-order chi connectivity index (χ1) is 10.9. The number of hydrogen-bond donors (Lipinski definition) is 0. The highest BCUT2D eigenvalue weighted by atomic mass is 15.2. The van der Waals surface area contributed by atoms with Crippen LogP contribution in [-0.4, -0.2) is 23.0 Å². The van der Waals surface area contributed by atoms with Crippen LogP contribution in [0.4, 0.5) is 0 Å². The number of nitrogens with zero attached hydrogens (tertiary/aromatic N) is 1. The van der Waals surface area contributed by atoms with Crippen molar-refractivity contribution in [1.29, 1.82) is 0 Å². The van der Waals surface area contributed by atoms with Gasteiger partial charge in [-0.15, -0.1) is 0 Å². The summed E-state index contributed by atoms with van der Waals surface area (Å²) in [6, 6.07) is 11.9. The zero-order valence-electron chi connectivity index (χ0n) is 15.9. The summed E-state index contributed by atoms with van der Waals surface area (Å²) in [6.07, 6.45) is 4.18. The third-order valence-corrected chi connectivity index (χ3v) is 6.43. The highest BCUT2D eigenvalue weighted by Crippen LogP contribution is 2.50. The summed E-state index contributed by atoms with van der Waals surface area (Å²) in [7, 11) is 0. The molecule has 0 saturated carbocycles. The quantitative estimate of drug-likeness (QED) is 0.678. The monoisotopic (exact) mass is 313 g/mol. The van der Waals surface area contributed by atoms with Gasteiger partial charge in [0.05, 0.1) is 0 Å². The zero-order valence-corrected chi connectivity index (χ0v) is 15.9. The minimum atomic E-state index is 0.629. The molecule has 2 saturated heterocycles. The molecular weight excluding hydrogens is 278 g/mol. The maximum Gasteiger partial charge on any atom is 0.0138 e. The molecule has 2 aliphatic heterocycles. The lowest BCUT2D eigenvalue weighted by atomic mass is 9.70. The molecule has 4 atom stereocenters. The van der Waals surface area contributed by atoms with Gasteiger partial charge in [-0.1, -0.05) is 52.0 Å². The number of piperidine rings is 1. The molecule has 2 aliphatic rings. The van der Waals surface area contributed by atoms with Gasteiger partial charge in [-0.25, -0.2) is 0 Å². The van der Waals surface area contributed by atoms with Crippen molar-refractivity contribution in [3.8, 4) is 0 Å². The van der Waals surface area contributed by atoms with Crippen molar-refractivity contribution >= 4 is 0 Å². The number of hydrogen-bond acceptors (Lipinski definition) is 1. The first-order valence-corrected chi connectivity index (χ1v) is 9.77. The van der Waals surface area contributed by atoms with Crippen molar-refractivity contribution < 1.29 is 0 Å². The molecule has 1 aromatic rings. The fourth-order valence-corrected chi connectivity index (χ4v) is 5.48. The van der Waals surface area contributed by atoms with E-state index >= 15 is 0 Å². The average Bonchev–Trinajstić information content (AvgIpc) is 2.81. The Kier molecular flexibility index (Phi) is 4.88. The molecule has 0 N–H and O–H groups in total. The fraction of sp³-hybridized carbons (Fsp3) is 0.727. The maximum absolute atomic E-state index is 2.85. The molecule has 1 heteroatoms. The van der Waals surface area contributed by atoms with Crippen LogP contribution in [0.5, 0.6) is 0 Å². The molecule has 2 bridgehead atoms. The fourth-order valence-electron chi connectivity index (χ4n) is 5.48. The van der Waals surface area contributed by atoms with Crippen LogP contribution in [0.25, 0.3) is 0 Å². The summed E-state index contributed by atoms with van der Waals surface area (Å²) >= 11 is 0. The Labute approximate surface area is 143 Å². The lowest BCUT2D eigenvalue weighted by Gasteiger charge is -2.48. The van der Waals surface area contributed by atoms with Crippen LogP contribution < -0.4 is 0 Å². The van der Waals surface area contributed by atoms with Gasteiger partial charge in [0.2, 0.25) is 0 Å². The van der Waals surface area contributed by atoms with Gasteiger partial charge < -0.3 is 0 Å². The van der Waals surface area contributed by atoms with E-state index in [1.165, 1.54) is 24.8 Å². The van der Waals surface area contributed by atoms with Crippen LogP contribution in [0.2, 0.25) is 0 Å². The molecule has 0 radical (unpaired) electrons. The summed E-state index contributed by atoms with van der Waals surface area (Å²) in [6.45, 7) is 14.2. The van der Waals surface area contributed by atoms with Gasteiger partial charge in [0.15, 0.2) is 0 Å². The van der Waals surface area contributed by atoms with E-state index in [1.54, 1.807) is 5.56 Å². The molecule has 128 valence electrons. The molecule has 3 rings (SSSR count). The molecule has 2 fully saturated rings. The summed E-state index contributed by atoms with van der Waals surface area (Å²) in [5.41, 5.74) is 3.06. The van der Waals surface area contributed by atoms with Crippen LogP contribution in [0, 0.1) is 11.8 Å². The summed E-state index contributed by atoms with van der Waals surface area (Å²) in [5.74, 6) is 2.95. The highest BCUT2D eigenvalue weighted by Gasteiger charge is 2.48. The number of benzene rings is 1. The second-order valence-electron chi connectivity index (χ2n) is 8.82. The predicted molar refractivity (Wildman–Crippen MR) is 100 cm³/mol. The third kappa shape index (κ3) is 3.09. The SMILES string of the molecule is CC(C)c1ccc([C@H]2C[C@H]3CCC(C2C(C)C)N3C(C)C)cc1. The second-order valence-corrected chi connectivity index (χ2v) is 8.82. The topological polar surface area (TPSA) is 3.24 Å². The van der Waals surface area contributed by atoms with Crippen LogP contribution >= 0.6 is 0 Å². The van der Waals surface area contributed by atoms with Crippen molar-refractivity contribution in [1.82, 2.24) is 4.90 Å². The van der Waals surface area contributed by atoms with Gasteiger partial charge in [-0.2, -0.15) is 0 Å². The van der Waals surface area contributed by atoms with E-state index in [2.05, 4.69) is 70.7 Å². The zero-order chi connectivity index (χ0) is 16.7. The van der Waals surface area contributed by atoms with E-state index < -0.39 is 0 Å². The van der Waals surface area contributed by atoms with Gasteiger partial charge in [-0.3, -0.25) is 4.90 Å². The molecule has 0 aromatic heterocycles. The predicted octanol–water partition coefficient (Wildman–Crippen LogP) is 5.81. The minimum Gasteiger partial charge on any atom is -0.295 e.